The average molecular weight is 1370 g/mol. The van der Waals surface area contributed by atoms with Crippen molar-refractivity contribution >= 4 is 39.5 Å². The highest BCUT2D eigenvalue weighted by Crippen LogP contribution is 2.45. The molecule has 0 spiro atoms. The van der Waals surface area contributed by atoms with Gasteiger partial charge in [0.15, 0.2) is 12.2 Å². The number of aliphatic hydroxyl groups is 1. The number of aliphatic hydroxyl groups excluding tert-OH is 1. The molecule has 93 heavy (non-hydrogen) atoms. The van der Waals surface area contributed by atoms with Gasteiger partial charge >= 0.3 is 39.5 Å². The Labute approximate surface area is 568 Å². The van der Waals surface area contributed by atoms with Crippen LogP contribution in [0.4, 0.5) is 0 Å². The lowest BCUT2D eigenvalue weighted by Gasteiger charge is -2.21. The molecule has 0 fully saturated rings. The molecule has 17 nitrogen and oxygen atoms in total. The summed E-state index contributed by atoms with van der Waals surface area (Å²) in [7, 11) is -9.90. The molecule has 0 aromatic rings. The zero-order valence-corrected chi connectivity index (χ0v) is 62.0. The molecule has 0 rings (SSSR count). The van der Waals surface area contributed by atoms with Gasteiger partial charge in [-0.15, -0.1) is 0 Å². The van der Waals surface area contributed by atoms with E-state index >= 15 is 0 Å². The molecule has 0 aliphatic rings. The maximum Gasteiger partial charge on any atom is 0.472 e. The molecule has 0 saturated carbocycles. The van der Waals surface area contributed by atoms with Gasteiger partial charge in [-0.3, -0.25) is 37.3 Å². The third-order valence-electron chi connectivity index (χ3n) is 17.4. The maximum atomic E-state index is 13.1. The number of carbonyl (C=O) groups excluding carboxylic acids is 4. The van der Waals surface area contributed by atoms with Crippen LogP contribution in [0.3, 0.4) is 0 Å². The fourth-order valence-corrected chi connectivity index (χ4v) is 13.0. The van der Waals surface area contributed by atoms with Crippen molar-refractivity contribution in [3.63, 3.8) is 0 Å². The van der Waals surface area contributed by atoms with E-state index in [1.165, 1.54) is 212 Å². The summed E-state index contributed by atoms with van der Waals surface area (Å²) in [5, 5.41) is 10.6. The second kappa shape index (κ2) is 68.6. The molecule has 0 aliphatic heterocycles. The first-order chi connectivity index (χ1) is 45.2. The van der Waals surface area contributed by atoms with Gasteiger partial charge in [0.25, 0.3) is 0 Å². The lowest BCUT2D eigenvalue weighted by atomic mass is 10.0. The number of hydrogen-bond donors (Lipinski definition) is 3. The Balaban J connectivity index is 5.18. The van der Waals surface area contributed by atoms with Crippen LogP contribution in [0.5, 0.6) is 0 Å². The van der Waals surface area contributed by atoms with E-state index in [4.69, 9.17) is 37.0 Å². The minimum absolute atomic E-state index is 0.107. The number of carbonyl (C=O) groups is 4. The summed E-state index contributed by atoms with van der Waals surface area (Å²) < 4.78 is 68.3. The molecule has 552 valence electrons. The van der Waals surface area contributed by atoms with Crippen molar-refractivity contribution in [1.82, 2.24) is 0 Å². The van der Waals surface area contributed by atoms with E-state index in [0.717, 1.165) is 103 Å². The van der Waals surface area contributed by atoms with Crippen molar-refractivity contribution in [3.05, 3.63) is 0 Å². The van der Waals surface area contributed by atoms with Gasteiger partial charge in [-0.2, -0.15) is 0 Å². The van der Waals surface area contributed by atoms with Gasteiger partial charge in [0.2, 0.25) is 0 Å². The van der Waals surface area contributed by atoms with Crippen LogP contribution < -0.4 is 0 Å². The minimum atomic E-state index is -4.95. The number of ether oxygens (including phenoxy) is 4. The van der Waals surface area contributed by atoms with Crippen LogP contribution in [-0.4, -0.2) is 96.7 Å². The fraction of sp³-hybridized carbons (Fsp3) is 0.946. The smallest absolute Gasteiger partial charge is 0.462 e. The summed E-state index contributed by atoms with van der Waals surface area (Å²) in [4.78, 5) is 72.6. The Morgan fingerprint density at radius 1 is 0.258 bits per heavy atom. The SMILES string of the molecule is CCCCCCCCCCCCCCCCCCCCC(=O)O[C@H](COC(=O)CCCCCCCCCCCCCCCCCCC)COP(=O)(O)OC[C@@H](O)COP(=O)(O)OC[C@@H](COC(=O)CCCCCCCCC)OC(=O)CCCCCCCCCCCCC. The maximum absolute atomic E-state index is 13.1. The normalized spacial score (nSPS) is 13.9. The second-order valence-electron chi connectivity index (χ2n) is 26.7. The standard InChI is InChI=1S/C74H144O17P2/c1-5-9-13-17-21-24-27-29-31-33-35-37-39-42-45-49-53-57-61-74(79)91-70(65-85-72(77)59-55-51-47-43-41-38-36-34-32-30-28-25-22-18-14-10-6-2)67-89-93(82,83)87-63-68(75)62-86-92(80,81)88-66-69(64-84-71(76)58-54-50-46-20-16-12-8-4)90-73(78)60-56-52-48-44-40-26-23-19-15-11-7-3/h68-70,75H,5-67H2,1-4H3,(H,80,81)(H,82,83)/t68-,69+,70+/m0/s1. The summed E-state index contributed by atoms with van der Waals surface area (Å²) in [6, 6.07) is 0. The van der Waals surface area contributed by atoms with E-state index in [1.54, 1.807) is 0 Å². The molecular formula is C74H144O17P2. The summed E-state index contributed by atoms with van der Waals surface area (Å²) in [5.41, 5.74) is 0. The third-order valence-corrected chi connectivity index (χ3v) is 19.3. The highest BCUT2D eigenvalue weighted by Gasteiger charge is 2.30. The molecule has 0 radical (unpaired) electrons. The molecule has 0 aliphatic carbocycles. The number of rotatable bonds is 75. The first-order valence-corrected chi connectivity index (χ1v) is 41.8. The van der Waals surface area contributed by atoms with Gasteiger partial charge in [-0.1, -0.05) is 342 Å². The van der Waals surface area contributed by atoms with Crippen molar-refractivity contribution in [2.45, 2.75) is 412 Å². The van der Waals surface area contributed by atoms with Crippen LogP contribution >= 0.6 is 15.6 Å². The molecule has 3 N–H and O–H groups in total. The average Bonchev–Trinajstić information content (AvgIpc) is 3.08. The number of unbranched alkanes of at least 4 members (excludes halogenated alkanes) is 49. The molecule has 0 aromatic carbocycles. The minimum Gasteiger partial charge on any atom is -0.462 e. The Morgan fingerprint density at radius 2 is 0.430 bits per heavy atom. The Bertz CT molecular complexity index is 1770. The highest BCUT2D eigenvalue weighted by atomic mass is 31.2. The summed E-state index contributed by atoms with van der Waals surface area (Å²) >= 11 is 0. The van der Waals surface area contributed by atoms with Crippen LogP contribution in [0.25, 0.3) is 0 Å². The van der Waals surface area contributed by atoms with E-state index in [1.807, 2.05) is 0 Å². The molecule has 0 heterocycles. The quantitative estimate of drug-likeness (QED) is 0.0222. The monoisotopic (exact) mass is 1370 g/mol. The van der Waals surface area contributed by atoms with Crippen LogP contribution in [0, 0.1) is 0 Å². The molecule has 2 unspecified atom stereocenters. The largest absolute Gasteiger partial charge is 0.472 e. The highest BCUT2D eigenvalue weighted by molar-refractivity contribution is 7.47. The van der Waals surface area contributed by atoms with E-state index in [0.29, 0.717) is 25.7 Å². The molecule has 5 atom stereocenters. The Hall–Kier alpha value is -1.94. The third kappa shape index (κ3) is 68.4. The van der Waals surface area contributed by atoms with E-state index < -0.39 is 97.5 Å². The zero-order valence-electron chi connectivity index (χ0n) is 60.2. The van der Waals surface area contributed by atoms with Crippen molar-refractivity contribution < 1.29 is 80.2 Å². The first-order valence-electron chi connectivity index (χ1n) is 38.8. The van der Waals surface area contributed by atoms with Crippen molar-refractivity contribution in [1.29, 1.82) is 0 Å². The predicted octanol–water partition coefficient (Wildman–Crippen LogP) is 21.8. The molecule has 19 heteroatoms. The molecule has 0 bridgehead atoms. The Kier molecular flexibility index (Phi) is 67.1. The van der Waals surface area contributed by atoms with Crippen LogP contribution in [0.15, 0.2) is 0 Å². The lowest BCUT2D eigenvalue weighted by Crippen LogP contribution is -2.30. The molecule has 0 saturated heterocycles. The molecule has 0 aromatic heterocycles. The summed E-state index contributed by atoms with van der Waals surface area (Å²) in [5.74, 6) is -2.12. The number of phosphoric ester groups is 2. The van der Waals surface area contributed by atoms with Gasteiger partial charge in [-0.25, -0.2) is 9.13 Å². The van der Waals surface area contributed by atoms with Crippen LogP contribution in [0.1, 0.15) is 394 Å². The number of phosphoric acid groups is 2. The van der Waals surface area contributed by atoms with E-state index in [2.05, 4.69) is 27.7 Å². The van der Waals surface area contributed by atoms with Gasteiger partial charge < -0.3 is 33.8 Å². The van der Waals surface area contributed by atoms with Crippen molar-refractivity contribution in [2.24, 2.45) is 0 Å². The van der Waals surface area contributed by atoms with Crippen LogP contribution in [0.2, 0.25) is 0 Å². The van der Waals surface area contributed by atoms with Gasteiger partial charge in [0.05, 0.1) is 26.4 Å². The second-order valence-corrected chi connectivity index (χ2v) is 29.6. The first kappa shape index (κ1) is 91.1. The van der Waals surface area contributed by atoms with Gasteiger partial charge in [0, 0.05) is 25.7 Å². The number of esters is 4. The van der Waals surface area contributed by atoms with Crippen molar-refractivity contribution in [3.8, 4) is 0 Å². The van der Waals surface area contributed by atoms with E-state index in [-0.39, 0.29) is 25.7 Å². The predicted molar refractivity (Wildman–Crippen MR) is 377 cm³/mol. The summed E-state index contributed by atoms with van der Waals surface area (Å²) in [6.07, 6.45) is 58.4. The van der Waals surface area contributed by atoms with Crippen LogP contribution in [-0.2, 0) is 65.4 Å². The summed E-state index contributed by atoms with van der Waals surface area (Å²) in [6.45, 7) is 4.93. The molecular weight excluding hydrogens is 1220 g/mol. The Morgan fingerprint density at radius 3 is 0.634 bits per heavy atom. The zero-order chi connectivity index (χ0) is 68.2. The number of hydrogen-bond acceptors (Lipinski definition) is 15. The fourth-order valence-electron chi connectivity index (χ4n) is 11.4. The lowest BCUT2D eigenvalue weighted by molar-refractivity contribution is -0.161. The van der Waals surface area contributed by atoms with Gasteiger partial charge in [-0.05, 0) is 25.7 Å². The van der Waals surface area contributed by atoms with Crippen molar-refractivity contribution in [2.75, 3.05) is 39.6 Å². The topological polar surface area (TPSA) is 237 Å². The molecule has 0 amide bonds. The van der Waals surface area contributed by atoms with E-state index in [9.17, 15) is 43.2 Å². The van der Waals surface area contributed by atoms with Gasteiger partial charge in [0.1, 0.15) is 19.3 Å².